The molecule has 1 heteroatoms. The fourth-order valence-electron chi connectivity index (χ4n) is 1.56. The topological polar surface area (TPSA) is 20.2 Å². The number of aliphatic hydroxyl groups excluding tert-OH is 1. The van der Waals surface area contributed by atoms with E-state index in [4.69, 9.17) is 0 Å². The first-order valence-electron chi connectivity index (χ1n) is 4.08. The molecule has 1 nitrogen and oxygen atoms in total. The lowest BCUT2D eigenvalue weighted by Crippen LogP contribution is -2.08. The lowest BCUT2D eigenvalue weighted by atomic mass is 10.1. The zero-order chi connectivity index (χ0) is 7.56. The first-order valence-corrected chi connectivity index (χ1v) is 4.08. The maximum atomic E-state index is 9.42. The summed E-state index contributed by atoms with van der Waals surface area (Å²) >= 11 is 0. The third kappa shape index (κ3) is 1.60. The molecule has 1 unspecified atom stereocenters. The third-order valence-electron chi connectivity index (χ3n) is 2.40. The highest BCUT2D eigenvalue weighted by atomic mass is 16.3. The Morgan fingerprint density at radius 2 is 2.50 bits per heavy atom. The summed E-state index contributed by atoms with van der Waals surface area (Å²) in [6, 6.07) is 0. The Labute approximate surface area is 62.8 Å². The second kappa shape index (κ2) is 3.20. The summed E-state index contributed by atoms with van der Waals surface area (Å²) < 4.78 is 0. The van der Waals surface area contributed by atoms with E-state index in [2.05, 4.69) is 13.5 Å². The van der Waals surface area contributed by atoms with Crippen LogP contribution in [-0.2, 0) is 0 Å². The number of rotatable bonds is 4. The molecular weight excluding hydrogens is 124 g/mol. The second-order valence-electron chi connectivity index (χ2n) is 3.16. The minimum Gasteiger partial charge on any atom is -0.393 e. The van der Waals surface area contributed by atoms with Gasteiger partial charge >= 0.3 is 0 Å². The normalized spacial score (nSPS) is 33.4. The van der Waals surface area contributed by atoms with Crippen LogP contribution in [0.15, 0.2) is 12.7 Å². The predicted octanol–water partition coefficient (Wildman–Crippen LogP) is 1.97. The van der Waals surface area contributed by atoms with Crippen molar-refractivity contribution in [2.45, 2.75) is 32.3 Å². The fraction of sp³-hybridized carbons (Fsp3) is 0.778. The van der Waals surface area contributed by atoms with Gasteiger partial charge in [-0.05, 0) is 24.7 Å². The molecule has 0 amide bonds. The van der Waals surface area contributed by atoms with Gasteiger partial charge in [0.1, 0.15) is 0 Å². The molecule has 0 heterocycles. The van der Waals surface area contributed by atoms with Gasteiger partial charge in [-0.2, -0.15) is 0 Å². The largest absolute Gasteiger partial charge is 0.393 e. The molecule has 1 aliphatic rings. The summed E-state index contributed by atoms with van der Waals surface area (Å²) in [5.74, 6) is 1.39. The Hall–Kier alpha value is -0.300. The van der Waals surface area contributed by atoms with Crippen LogP contribution in [0.1, 0.15) is 26.2 Å². The average molecular weight is 140 g/mol. The van der Waals surface area contributed by atoms with E-state index >= 15 is 0 Å². The third-order valence-corrected chi connectivity index (χ3v) is 2.40. The molecular formula is C9H16O. The molecule has 1 saturated carbocycles. The zero-order valence-corrected chi connectivity index (χ0v) is 6.59. The highest BCUT2D eigenvalue weighted by Crippen LogP contribution is 2.44. The molecule has 0 bridgehead atoms. The lowest BCUT2D eigenvalue weighted by molar-refractivity contribution is 0.147. The number of aliphatic hydroxyl groups is 1. The first-order chi connectivity index (χ1) is 4.79. The van der Waals surface area contributed by atoms with Gasteiger partial charge in [-0.3, -0.25) is 0 Å². The molecule has 0 aliphatic heterocycles. The number of hydrogen-bond acceptors (Lipinski definition) is 1. The van der Waals surface area contributed by atoms with E-state index < -0.39 is 0 Å². The molecule has 0 radical (unpaired) electrons. The van der Waals surface area contributed by atoms with E-state index in [0.29, 0.717) is 5.92 Å². The Balaban J connectivity index is 2.18. The van der Waals surface area contributed by atoms with Gasteiger partial charge in [-0.25, -0.2) is 0 Å². The van der Waals surface area contributed by atoms with Crippen LogP contribution in [0.3, 0.4) is 0 Å². The van der Waals surface area contributed by atoms with E-state index in [1.54, 1.807) is 6.08 Å². The summed E-state index contributed by atoms with van der Waals surface area (Å²) in [7, 11) is 0. The van der Waals surface area contributed by atoms with Crippen LogP contribution in [0.4, 0.5) is 0 Å². The Kier molecular flexibility index (Phi) is 2.50. The zero-order valence-electron chi connectivity index (χ0n) is 6.59. The predicted molar refractivity (Wildman–Crippen MR) is 42.7 cm³/mol. The van der Waals surface area contributed by atoms with E-state index in [1.807, 2.05) is 0 Å². The van der Waals surface area contributed by atoms with Gasteiger partial charge < -0.3 is 5.11 Å². The second-order valence-corrected chi connectivity index (χ2v) is 3.16. The van der Waals surface area contributed by atoms with Crippen LogP contribution < -0.4 is 0 Å². The van der Waals surface area contributed by atoms with Gasteiger partial charge in [0.05, 0.1) is 6.10 Å². The summed E-state index contributed by atoms with van der Waals surface area (Å²) in [6.45, 7) is 5.79. The first kappa shape index (κ1) is 7.80. The molecule has 10 heavy (non-hydrogen) atoms. The highest BCUT2D eigenvalue weighted by molar-refractivity contribution is 4.92. The fourth-order valence-corrected chi connectivity index (χ4v) is 1.56. The molecule has 1 aliphatic carbocycles. The van der Waals surface area contributed by atoms with Crippen LogP contribution in [-0.4, -0.2) is 11.2 Å². The van der Waals surface area contributed by atoms with E-state index in [1.165, 1.54) is 12.8 Å². The SMILES string of the molecule is C=CCC(O)[C@@H]1C[C@H]1CC. The van der Waals surface area contributed by atoms with Gasteiger partial charge in [-0.15, -0.1) is 6.58 Å². The number of hydrogen-bond donors (Lipinski definition) is 1. The van der Waals surface area contributed by atoms with Crippen molar-refractivity contribution >= 4 is 0 Å². The van der Waals surface area contributed by atoms with Crippen molar-refractivity contribution in [1.82, 2.24) is 0 Å². The van der Waals surface area contributed by atoms with Crippen molar-refractivity contribution < 1.29 is 5.11 Å². The summed E-state index contributed by atoms with van der Waals surface area (Å²) in [5.41, 5.74) is 0. The van der Waals surface area contributed by atoms with Gasteiger partial charge in [0.25, 0.3) is 0 Å². The van der Waals surface area contributed by atoms with Crippen LogP contribution in [0, 0.1) is 11.8 Å². The van der Waals surface area contributed by atoms with Crippen molar-refractivity contribution in [1.29, 1.82) is 0 Å². The quantitative estimate of drug-likeness (QED) is 0.592. The minimum absolute atomic E-state index is 0.109. The standard InChI is InChI=1S/C9H16O/c1-3-5-9(10)8-6-7(8)4-2/h3,7-10H,1,4-6H2,2H3/t7-,8-,9?/m1/s1. The molecule has 0 aromatic rings. The summed E-state index contributed by atoms with van der Waals surface area (Å²) in [6.07, 6.45) is 4.91. The Morgan fingerprint density at radius 3 is 2.90 bits per heavy atom. The average Bonchev–Trinajstić information content (AvgIpc) is 2.66. The molecule has 0 spiro atoms. The van der Waals surface area contributed by atoms with E-state index in [0.717, 1.165) is 12.3 Å². The minimum atomic E-state index is -0.109. The van der Waals surface area contributed by atoms with E-state index in [9.17, 15) is 5.11 Å². The van der Waals surface area contributed by atoms with Crippen LogP contribution in [0.2, 0.25) is 0 Å². The van der Waals surface area contributed by atoms with Crippen molar-refractivity contribution in [2.75, 3.05) is 0 Å². The molecule has 1 N–H and O–H groups in total. The summed E-state index contributed by atoms with van der Waals surface area (Å²) in [5, 5.41) is 9.42. The molecule has 0 saturated heterocycles. The molecule has 1 rings (SSSR count). The molecule has 0 aromatic carbocycles. The van der Waals surface area contributed by atoms with Gasteiger partial charge in [0, 0.05) is 0 Å². The molecule has 3 atom stereocenters. The Morgan fingerprint density at radius 1 is 1.80 bits per heavy atom. The van der Waals surface area contributed by atoms with Gasteiger partial charge in [0.15, 0.2) is 0 Å². The lowest BCUT2D eigenvalue weighted by Gasteiger charge is -2.04. The van der Waals surface area contributed by atoms with Crippen LogP contribution in [0.5, 0.6) is 0 Å². The van der Waals surface area contributed by atoms with Crippen LogP contribution in [0.25, 0.3) is 0 Å². The van der Waals surface area contributed by atoms with Crippen molar-refractivity contribution in [3.63, 3.8) is 0 Å². The molecule has 58 valence electrons. The Bertz CT molecular complexity index is 120. The van der Waals surface area contributed by atoms with Crippen molar-refractivity contribution in [2.24, 2.45) is 11.8 Å². The van der Waals surface area contributed by atoms with E-state index in [-0.39, 0.29) is 6.10 Å². The highest BCUT2D eigenvalue weighted by Gasteiger charge is 2.39. The van der Waals surface area contributed by atoms with Gasteiger partial charge in [0.2, 0.25) is 0 Å². The van der Waals surface area contributed by atoms with Crippen molar-refractivity contribution in [3.8, 4) is 0 Å². The maximum absolute atomic E-state index is 9.42. The van der Waals surface area contributed by atoms with Crippen molar-refractivity contribution in [3.05, 3.63) is 12.7 Å². The maximum Gasteiger partial charge on any atom is 0.0605 e. The van der Waals surface area contributed by atoms with Crippen LogP contribution >= 0.6 is 0 Å². The summed E-state index contributed by atoms with van der Waals surface area (Å²) in [4.78, 5) is 0. The molecule has 1 fully saturated rings. The van der Waals surface area contributed by atoms with Gasteiger partial charge in [-0.1, -0.05) is 19.4 Å². The molecule has 0 aromatic heterocycles. The monoisotopic (exact) mass is 140 g/mol. The smallest absolute Gasteiger partial charge is 0.0605 e.